The van der Waals surface area contributed by atoms with E-state index in [2.05, 4.69) is 25.8 Å². The first-order chi connectivity index (χ1) is 22.4. The summed E-state index contributed by atoms with van der Waals surface area (Å²) >= 11 is 0. The van der Waals surface area contributed by atoms with E-state index >= 15 is 13.2 Å². The van der Waals surface area contributed by atoms with Gasteiger partial charge in [-0.1, -0.05) is 32.3 Å². The molecule has 0 spiro atoms. The number of ether oxygens (including phenoxy) is 1. The van der Waals surface area contributed by atoms with Gasteiger partial charge in [0.1, 0.15) is 17.9 Å². The maximum Gasteiger partial charge on any atom is 0.351 e. The third-order valence-corrected chi connectivity index (χ3v) is 8.78. The molecule has 1 aliphatic carbocycles. The lowest BCUT2D eigenvalue weighted by Crippen LogP contribution is -2.54. The summed E-state index contributed by atoms with van der Waals surface area (Å²) in [5.41, 5.74) is -0.464. The topological polar surface area (TPSA) is 133 Å². The lowest BCUT2D eigenvalue weighted by Gasteiger charge is -2.34. The number of hydrogen-bond acceptors (Lipinski definition) is 7. The number of benzene rings is 1. The number of halogens is 3. The number of likely N-dealkylation sites (N-methyl/N-ethyl adjacent to an activating group) is 1. The highest BCUT2D eigenvalue weighted by molar-refractivity contribution is 5.98. The number of rotatable bonds is 12. The van der Waals surface area contributed by atoms with Gasteiger partial charge in [0.25, 0.3) is 5.91 Å². The zero-order chi connectivity index (χ0) is 34.1. The summed E-state index contributed by atoms with van der Waals surface area (Å²) in [6.07, 6.45) is 4.53. The molecular weight excluding hydrogens is 617 g/mol. The number of anilines is 1. The summed E-state index contributed by atoms with van der Waals surface area (Å²) in [5, 5.41) is 7.44. The number of pyridine rings is 1. The van der Waals surface area contributed by atoms with E-state index in [1.165, 1.54) is 25.3 Å². The van der Waals surface area contributed by atoms with Crippen LogP contribution in [0.5, 0.6) is 5.88 Å². The van der Waals surface area contributed by atoms with Crippen LogP contribution in [0.4, 0.5) is 18.9 Å². The highest BCUT2D eigenvalue weighted by Gasteiger charge is 2.44. The SMILES string of the molecule is CCC(=O)N[C@H](Cc1ccc(NC(=O)[C@@H](NC(=O)C(F)(F)c2ccc(OC)nc2)C2CCCCC2)c(F)c1)C(=O)N1CCN(C)CC1. The second kappa shape index (κ2) is 16.1. The van der Waals surface area contributed by atoms with Gasteiger partial charge in [-0.3, -0.25) is 19.2 Å². The fraction of sp³-hybridized carbons (Fsp3) is 0.545. The molecule has 2 heterocycles. The molecule has 4 amide bonds. The first-order valence-corrected chi connectivity index (χ1v) is 16.0. The van der Waals surface area contributed by atoms with Crippen molar-refractivity contribution in [3.05, 3.63) is 53.5 Å². The first-order valence-electron chi connectivity index (χ1n) is 16.0. The molecule has 1 aromatic heterocycles. The number of nitrogens with zero attached hydrogens (tertiary/aromatic N) is 3. The van der Waals surface area contributed by atoms with Crippen molar-refractivity contribution in [2.45, 2.75) is 69.9 Å². The number of piperazine rings is 1. The minimum atomic E-state index is -4.00. The van der Waals surface area contributed by atoms with E-state index in [-0.39, 0.29) is 36.2 Å². The van der Waals surface area contributed by atoms with Gasteiger partial charge in [-0.2, -0.15) is 8.78 Å². The Labute approximate surface area is 272 Å². The summed E-state index contributed by atoms with van der Waals surface area (Å²) in [5.74, 6) is -8.20. The normalized spacial score (nSPS) is 17.4. The van der Waals surface area contributed by atoms with Crippen LogP contribution in [0.25, 0.3) is 0 Å². The van der Waals surface area contributed by atoms with Crippen LogP contribution in [0.2, 0.25) is 0 Å². The van der Waals surface area contributed by atoms with Gasteiger partial charge in [-0.25, -0.2) is 9.37 Å². The average Bonchev–Trinajstić information content (AvgIpc) is 3.08. The van der Waals surface area contributed by atoms with Gasteiger partial charge < -0.3 is 30.5 Å². The zero-order valence-corrected chi connectivity index (χ0v) is 27.0. The van der Waals surface area contributed by atoms with E-state index in [0.29, 0.717) is 44.6 Å². The minimum Gasteiger partial charge on any atom is -0.481 e. The molecule has 1 saturated heterocycles. The highest BCUT2D eigenvalue weighted by atomic mass is 19.3. The molecule has 0 radical (unpaired) electrons. The summed E-state index contributed by atoms with van der Waals surface area (Å²) in [6.45, 7) is 4.08. The number of nitrogens with one attached hydrogen (secondary N) is 3. The van der Waals surface area contributed by atoms with E-state index in [0.717, 1.165) is 37.6 Å². The standard InChI is InChI=1S/C33H43F3N6O5/c1-4-27(43)38-26(31(45)42-16-14-41(2)15-17-42)19-21-10-12-25(24(34)18-21)39-30(44)29(22-8-6-5-7-9-22)40-32(46)33(35,36)23-11-13-28(47-3)37-20-23/h10-13,18,20,22,26,29H,4-9,14-17,19H2,1-3H3,(H,38,43)(H,39,44)(H,40,46)/t26-,29+/m1/s1. The average molecular weight is 661 g/mol. The number of alkyl halides is 2. The van der Waals surface area contributed by atoms with E-state index < -0.39 is 47.1 Å². The minimum absolute atomic E-state index is 0.0259. The Morgan fingerprint density at radius 2 is 1.72 bits per heavy atom. The van der Waals surface area contributed by atoms with E-state index in [4.69, 9.17) is 4.74 Å². The molecule has 1 saturated carbocycles. The predicted octanol–water partition coefficient (Wildman–Crippen LogP) is 3.24. The molecule has 2 aromatic rings. The van der Waals surface area contributed by atoms with E-state index in [1.54, 1.807) is 11.8 Å². The van der Waals surface area contributed by atoms with Gasteiger partial charge in [0.15, 0.2) is 0 Å². The molecule has 0 bridgehead atoms. The molecule has 1 aromatic carbocycles. The molecule has 256 valence electrons. The molecular formula is C33H43F3N6O5. The van der Waals surface area contributed by atoms with Crippen LogP contribution in [-0.2, 0) is 31.5 Å². The van der Waals surface area contributed by atoms with Crippen molar-refractivity contribution in [3.63, 3.8) is 0 Å². The second-order valence-electron chi connectivity index (χ2n) is 12.1. The van der Waals surface area contributed by atoms with Crippen LogP contribution in [-0.4, -0.2) is 90.8 Å². The van der Waals surface area contributed by atoms with Crippen molar-refractivity contribution in [3.8, 4) is 5.88 Å². The van der Waals surface area contributed by atoms with Crippen LogP contribution in [0, 0.1) is 11.7 Å². The number of aromatic nitrogens is 1. The molecule has 0 unspecified atom stereocenters. The third kappa shape index (κ3) is 9.21. The Balaban J connectivity index is 1.48. The van der Waals surface area contributed by atoms with Crippen LogP contribution in [0.1, 0.15) is 56.6 Å². The van der Waals surface area contributed by atoms with Gasteiger partial charge in [0, 0.05) is 56.8 Å². The van der Waals surface area contributed by atoms with Crippen molar-refractivity contribution in [2.75, 3.05) is 45.7 Å². The second-order valence-corrected chi connectivity index (χ2v) is 12.1. The molecule has 2 aliphatic rings. The summed E-state index contributed by atoms with van der Waals surface area (Å²) in [7, 11) is 3.29. The summed E-state index contributed by atoms with van der Waals surface area (Å²) < 4.78 is 50.6. The Bertz CT molecular complexity index is 1410. The molecule has 47 heavy (non-hydrogen) atoms. The fourth-order valence-electron chi connectivity index (χ4n) is 5.89. The fourth-order valence-corrected chi connectivity index (χ4v) is 5.89. The number of carbonyl (C=O) groups is 4. The largest absolute Gasteiger partial charge is 0.481 e. The highest BCUT2D eigenvalue weighted by Crippen LogP contribution is 2.32. The third-order valence-electron chi connectivity index (χ3n) is 8.78. The van der Waals surface area contributed by atoms with Gasteiger partial charge in [-0.05, 0) is 49.6 Å². The predicted molar refractivity (Wildman–Crippen MR) is 168 cm³/mol. The van der Waals surface area contributed by atoms with Gasteiger partial charge in [0.2, 0.25) is 23.6 Å². The van der Waals surface area contributed by atoms with Crippen molar-refractivity contribution < 1.29 is 37.1 Å². The molecule has 2 fully saturated rings. The maximum atomic E-state index is 15.4. The quantitative estimate of drug-likeness (QED) is 0.319. The first kappa shape index (κ1) is 35.7. The van der Waals surface area contributed by atoms with Crippen LogP contribution >= 0.6 is 0 Å². The molecule has 11 nitrogen and oxygen atoms in total. The van der Waals surface area contributed by atoms with Gasteiger partial charge >= 0.3 is 5.92 Å². The number of carbonyl (C=O) groups excluding carboxylic acids is 4. The van der Waals surface area contributed by atoms with E-state index in [1.807, 2.05) is 7.05 Å². The Hall–Kier alpha value is -4.20. The van der Waals surface area contributed by atoms with Gasteiger partial charge in [-0.15, -0.1) is 0 Å². The Morgan fingerprint density at radius 3 is 2.32 bits per heavy atom. The Morgan fingerprint density at radius 1 is 1.02 bits per heavy atom. The molecule has 3 N–H and O–H groups in total. The monoisotopic (exact) mass is 660 g/mol. The number of hydrogen-bond donors (Lipinski definition) is 3. The van der Waals surface area contributed by atoms with Crippen molar-refractivity contribution in [1.29, 1.82) is 0 Å². The lowest BCUT2D eigenvalue weighted by molar-refractivity contribution is -0.149. The summed E-state index contributed by atoms with van der Waals surface area (Å²) in [4.78, 5) is 59.4. The molecule has 4 rings (SSSR count). The number of amides is 4. The Kier molecular flexibility index (Phi) is 12.2. The van der Waals surface area contributed by atoms with Crippen molar-refractivity contribution >= 4 is 29.3 Å². The van der Waals surface area contributed by atoms with Crippen molar-refractivity contribution in [1.82, 2.24) is 25.4 Å². The molecule has 1 aliphatic heterocycles. The van der Waals surface area contributed by atoms with Crippen LogP contribution < -0.4 is 20.7 Å². The number of methoxy groups -OCH3 is 1. The maximum absolute atomic E-state index is 15.4. The lowest BCUT2D eigenvalue weighted by atomic mass is 9.83. The van der Waals surface area contributed by atoms with Crippen molar-refractivity contribution in [2.24, 2.45) is 5.92 Å². The van der Waals surface area contributed by atoms with Crippen LogP contribution in [0.3, 0.4) is 0 Å². The van der Waals surface area contributed by atoms with E-state index in [9.17, 15) is 19.2 Å². The summed E-state index contributed by atoms with van der Waals surface area (Å²) in [6, 6.07) is 4.00. The molecule has 14 heteroatoms. The van der Waals surface area contributed by atoms with Gasteiger partial charge in [0.05, 0.1) is 12.8 Å². The molecule has 2 atom stereocenters. The smallest absolute Gasteiger partial charge is 0.351 e. The zero-order valence-electron chi connectivity index (χ0n) is 27.0. The van der Waals surface area contributed by atoms with Crippen LogP contribution in [0.15, 0.2) is 36.5 Å².